The molecule has 0 aromatic carbocycles. The second-order valence-corrected chi connectivity index (χ2v) is 4.94. The van der Waals surface area contributed by atoms with E-state index < -0.39 is 0 Å². The van der Waals surface area contributed by atoms with Gasteiger partial charge in [-0.15, -0.1) is 0 Å². The fraction of sp³-hybridized carbons (Fsp3) is 0.923. The number of ether oxygens (including phenoxy) is 1. The van der Waals surface area contributed by atoms with Crippen LogP contribution in [0.3, 0.4) is 0 Å². The van der Waals surface area contributed by atoms with E-state index in [1.54, 1.807) is 0 Å². The molecule has 2 atom stereocenters. The maximum Gasteiger partial charge on any atom is 0.251 e. The van der Waals surface area contributed by atoms with E-state index in [1.165, 1.54) is 12.8 Å². The molecule has 16 heavy (non-hydrogen) atoms. The van der Waals surface area contributed by atoms with Crippen LogP contribution in [0.5, 0.6) is 0 Å². The van der Waals surface area contributed by atoms with Crippen LogP contribution in [0.1, 0.15) is 51.9 Å². The third-order valence-corrected chi connectivity index (χ3v) is 3.84. The van der Waals surface area contributed by atoms with E-state index in [1.807, 2.05) is 0 Å². The van der Waals surface area contributed by atoms with E-state index in [4.69, 9.17) is 4.74 Å². The summed E-state index contributed by atoms with van der Waals surface area (Å²) in [4.78, 5) is 14.4. The third kappa shape index (κ3) is 2.57. The molecular weight excluding hydrogens is 202 g/mol. The van der Waals surface area contributed by atoms with Crippen molar-refractivity contribution in [2.45, 2.75) is 64.0 Å². The van der Waals surface area contributed by atoms with Gasteiger partial charge in [0.05, 0.1) is 0 Å². The highest BCUT2D eigenvalue weighted by Crippen LogP contribution is 2.23. The van der Waals surface area contributed by atoms with E-state index >= 15 is 0 Å². The van der Waals surface area contributed by atoms with Crippen LogP contribution in [-0.2, 0) is 9.53 Å². The molecule has 3 heteroatoms. The first-order valence-corrected chi connectivity index (χ1v) is 6.75. The number of carbonyl (C=O) groups excluding carboxylic acids is 1. The molecule has 2 saturated heterocycles. The van der Waals surface area contributed by atoms with Crippen LogP contribution >= 0.6 is 0 Å². The summed E-state index contributed by atoms with van der Waals surface area (Å²) in [6, 6.07) is 0.465. The SMILES string of the molecule is CCC1CCCCN1C(=O)C1CCCCO1. The van der Waals surface area contributed by atoms with Gasteiger partial charge in [-0.3, -0.25) is 4.79 Å². The Kier molecular flexibility index (Phi) is 4.22. The highest BCUT2D eigenvalue weighted by molar-refractivity contribution is 5.81. The van der Waals surface area contributed by atoms with E-state index in [9.17, 15) is 4.79 Å². The Balaban J connectivity index is 1.95. The predicted octanol–water partition coefficient (Wildman–Crippen LogP) is 2.35. The molecule has 0 aromatic rings. The van der Waals surface area contributed by atoms with Gasteiger partial charge in [0.15, 0.2) is 0 Å². The molecule has 2 aliphatic heterocycles. The van der Waals surface area contributed by atoms with Crippen LogP contribution in [0.15, 0.2) is 0 Å². The van der Waals surface area contributed by atoms with E-state index in [0.717, 1.165) is 45.3 Å². The Labute approximate surface area is 98.1 Å². The summed E-state index contributed by atoms with van der Waals surface area (Å²) >= 11 is 0. The minimum Gasteiger partial charge on any atom is -0.368 e. The molecule has 2 heterocycles. The Morgan fingerprint density at radius 2 is 2.06 bits per heavy atom. The fourth-order valence-electron chi connectivity index (χ4n) is 2.84. The molecule has 2 rings (SSSR count). The van der Waals surface area contributed by atoms with Crippen LogP contribution in [0.4, 0.5) is 0 Å². The molecule has 0 N–H and O–H groups in total. The lowest BCUT2D eigenvalue weighted by Crippen LogP contribution is -2.49. The predicted molar refractivity (Wildman–Crippen MR) is 63.2 cm³/mol. The second kappa shape index (κ2) is 5.67. The molecule has 0 saturated carbocycles. The number of likely N-dealkylation sites (tertiary alicyclic amines) is 1. The first-order valence-electron chi connectivity index (χ1n) is 6.75. The normalized spacial score (nSPS) is 31.4. The van der Waals surface area contributed by atoms with Crippen molar-refractivity contribution in [3.63, 3.8) is 0 Å². The molecule has 0 radical (unpaired) electrons. The van der Waals surface area contributed by atoms with Gasteiger partial charge < -0.3 is 9.64 Å². The minimum absolute atomic E-state index is 0.138. The summed E-state index contributed by atoms with van der Waals surface area (Å²) in [7, 11) is 0. The summed E-state index contributed by atoms with van der Waals surface area (Å²) in [5.41, 5.74) is 0. The lowest BCUT2D eigenvalue weighted by atomic mass is 9.98. The molecule has 3 nitrogen and oxygen atoms in total. The lowest BCUT2D eigenvalue weighted by molar-refractivity contribution is -0.150. The third-order valence-electron chi connectivity index (χ3n) is 3.84. The van der Waals surface area contributed by atoms with E-state index in [2.05, 4.69) is 11.8 Å². The minimum atomic E-state index is -0.138. The molecule has 0 bridgehead atoms. The molecule has 0 aliphatic carbocycles. The van der Waals surface area contributed by atoms with Gasteiger partial charge >= 0.3 is 0 Å². The van der Waals surface area contributed by atoms with Crippen molar-refractivity contribution in [1.82, 2.24) is 4.90 Å². The van der Waals surface area contributed by atoms with Gasteiger partial charge in [-0.1, -0.05) is 6.92 Å². The van der Waals surface area contributed by atoms with Crippen molar-refractivity contribution in [2.24, 2.45) is 0 Å². The van der Waals surface area contributed by atoms with E-state index in [0.29, 0.717) is 6.04 Å². The quantitative estimate of drug-likeness (QED) is 0.722. The molecule has 2 aliphatic rings. The monoisotopic (exact) mass is 225 g/mol. The summed E-state index contributed by atoms with van der Waals surface area (Å²) in [5.74, 6) is 0.256. The first kappa shape index (κ1) is 11.9. The molecule has 0 aromatic heterocycles. The molecule has 2 fully saturated rings. The zero-order chi connectivity index (χ0) is 11.4. The van der Waals surface area contributed by atoms with E-state index in [-0.39, 0.29) is 12.0 Å². The maximum absolute atomic E-state index is 12.3. The average molecular weight is 225 g/mol. The average Bonchev–Trinajstić information content (AvgIpc) is 2.39. The topological polar surface area (TPSA) is 29.5 Å². The standard InChI is InChI=1S/C13H23NO2/c1-2-11-7-3-5-9-14(11)13(15)12-8-4-6-10-16-12/h11-12H,2-10H2,1H3. The van der Waals surface area contributed by atoms with Crippen LogP contribution in [-0.4, -0.2) is 36.1 Å². The Bertz CT molecular complexity index is 236. The van der Waals surface area contributed by atoms with Gasteiger partial charge in [0.2, 0.25) is 0 Å². The number of rotatable bonds is 2. The van der Waals surface area contributed by atoms with Crippen molar-refractivity contribution in [3.05, 3.63) is 0 Å². The second-order valence-electron chi connectivity index (χ2n) is 4.94. The molecule has 2 unspecified atom stereocenters. The van der Waals surface area contributed by atoms with Gasteiger partial charge in [0.1, 0.15) is 6.10 Å². The summed E-state index contributed by atoms with van der Waals surface area (Å²) < 4.78 is 5.59. The van der Waals surface area contributed by atoms with Crippen LogP contribution < -0.4 is 0 Å². The number of nitrogens with zero attached hydrogens (tertiary/aromatic N) is 1. The van der Waals surface area contributed by atoms with Gasteiger partial charge in [-0.2, -0.15) is 0 Å². The number of carbonyl (C=O) groups is 1. The smallest absolute Gasteiger partial charge is 0.251 e. The van der Waals surface area contributed by atoms with Crippen molar-refractivity contribution in [3.8, 4) is 0 Å². The van der Waals surface area contributed by atoms with Crippen molar-refractivity contribution >= 4 is 5.91 Å². The van der Waals surface area contributed by atoms with Crippen LogP contribution in [0.25, 0.3) is 0 Å². The van der Waals surface area contributed by atoms with Gasteiger partial charge in [-0.25, -0.2) is 0 Å². The van der Waals surface area contributed by atoms with Crippen molar-refractivity contribution < 1.29 is 9.53 Å². The summed E-state index contributed by atoms with van der Waals surface area (Å²) in [6.45, 7) is 3.89. The number of hydrogen-bond acceptors (Lipinski definition) is 2. The Hall–Kier alpha value is -0.570. The molecule has 1 amide bonds. The van der Waals surface area contributed by atoms with Crippen LogP contribution in [0, 0.1) is 0 Å². The largest absolute Gasteiger partial charge is 0.368 e. The van der Waals surface area contributed by atoms with Gasteiger partial charge in [0, 0.05) is 19.2 Å². The molecule has 0 spiro atoms. The Morgan fingerprint density at radius 1 is 1.25 bits per heavy atom. The molecule has 92 valence electrons. The zero-order valence-electron chi connectivity index (χ0n) is 10.3. The van der Waals surface area contributed by atoms with Crippen molar-refractivity contribution in [2.75, 3.05) is 13.2 Å². The number of hydrogen-bond donors (Lipinski definition) is 0. The highest BCUT2D eigenvalue weighted by Gasteiger charge is 2.31. The maximum atomic E-state index is 12.3. The Morgan fingerprint density at radius 3 is 2.75 bits per heavy atom. The summed E-state index contributed by atoms with van der Waals surface area (Å²) in [5, 5.41) is 0. The van der Waals surface area contributed by atoms with Crippen LogP contribution in [0.2, 0.25) is 0 Å². The fourth-order valence-corrected chi connectivity index (χ4v) is 2.84. The highest BCUT2D eigenvalue weighted by atomic mass is 16.5. The van der Waals surface area contributed by atoms with Gasteiger partial charge in [0.25, 0.3) is 5.91 Å². The number of piperidine rings is 1. The zero-order valence-corrected chi connectivity index (χ0v) is 10.3. The van der Waals surface area contributed by atoms with Gasteiger partial charge in [-0.05, 0) is 44.9 Å². The van der Waals surface area contributed by atoms with Crippen molar-refractivity contribution in [1.29, 1.82) is 0 Å². The lowest BCUT2D eigenvalue weighted by Gasteiger charge is -2.38. The first-order chi connectivity index (χ1) is 7.83. The summed E-state index contributed by atoms with van der Waals surface area (Å²) in [6.07, 6.45) is 7.73. The molecular formula is C13H23NO2. The number of amides is 1.